The molecule has 6 heteroatoms. The first-order valence-electron chi connectivity index (χ1n) is 6.29. The van der Waals surface area contributed by atoms with E-state index < -0.39 is 10.0 Å². The van der Waals surface area contributed by atoms with Gasteiger partial charge in [-0.05, 0) is 37.5 Å². The Morgan fingerprint density at radius 3 is 2.65 bits per heavy atom. The van der Waals surface area contributed by atoms with Crippen molar-refractivity contribution in [3.05, 3.63) is 46.8 Å². The van der Waals surface area contributed by atoms with E-state index in [2.05, 4.69) is 4.72 Å². The third kappa shape index (κ3) is 3.59. The van der Waals surface area contributed by atoms with Crippen molar-refractivity contribution in [2.24, 2.45) is 0 Å². The maximum Gasteiger partial charge on any atom is 0.250 e. The zero-order chi connectivity index (χ0) is 14.8. The molecule has 1 atom stereocenters. The van der Waals surface area contributed by atoms with Crippen LogP contribution in [0.4, 0.5) is 5.69 Å². The van der Waals surface area contributed by atoms with Gasteiger partial charge in [0.1, 0.15) is 4.21 Å². The fourth-order valence-corrected chi connectivity index (χ4v) is 4.34. The van der Waals surface area contributed by atoms with Crippen molar-refractivity contribution in [1.82, 2.24) is 4.72 Å². The normalized spacial score (nSPS) is 13.3. The minimum Gasteiger partial charge on any atom is -0.398 e. The predicted octanol–water partition coefficient (Wildman–Crippen LogP) is 2.55. The van der Waals surface area contributed by atoms with Crippen LogP contribution < -0.4 is 10.5 Å². The lowest BCUT2D eigenvalue weighted by Crippen LogP contribution is -2.33. The van der Waals surface area contributed by atoms with Crippen LogP contribution in [-0.4, -0.2) is 14.5 Å². The molecule has 1 unspecified atom stereocenters. The Balaban J connectivity index is 2.08. The number of benzene rings is 1. The van der Waals surface area contributed by atoms with Gasteiger partial charge < -0.3 is 5.73 Å². The summed E-state index contributed by atoms with van der Waals surface area (Å²) in [6.45, 7) is 3.89. The lowest BCUT2D eigenvalue weighted by molar-refractivity contribution is 0.561. The first-order valence-corrected chi connectivity index (χ1v) is 8.65. The largest absolute Gasteiger partial charge is 0.398 e. The van der Waals surface area contributed by atoms with E-state index in [1.807, 2.05) is 38.1 Å². The smallest absolute Gasteiger partial charge is 0.250 e. The molecule has 0 saturated heterocycles. The van der Waals surface area contributed by atoms with Crippen molar-refractivity contribution in [3.63, 3.8) is 0 Å². The molecule has 3 N–H and O–H groups in total. The average molecular weight is 310 g/mol. The van der Waals surface area contributed by atoms with Crippen LogP contribution >= 0.6 is 11.3 Å². The van der Waals surface area contributed by atoms with Gasteiger partial charge in [0.25, 0.3) is 0 Å². The molecule has 1 aromatic heterocycles. The number of anilines is 1. The van der Waals surface area contributed by atoms with Gasteiger partial charge >= 0.3 is 0 Å². The number of nitrogens with two attached hydrogens (primary N) is 1. The number of hydrogen-bond donors (Lipinski definition) is 2. The molecule has 1 heterocycles. The lowest BCUT2D eigenvalue weighted by Gasteiger charge is -2.14. The van der Waals surface area contributed by atoms with Gasteiger partial charge in [0, 0.05) is 17.1 Å². The molecule has 20 heavy (non-hydrogen) atoms. The maximum absolute atomic E-state index is 12.2. The highest BCUT2D eigenvalue weighted by molar-refractivity contribution is 7.91. The Hall–Kier alpha value is -1.37. The molecule has 0 radical (unpaired) electrons. The minimum absolute atomic E-state index is 0.176. The summed E-state index contributed by atoms with van der Waals surface area (Å²) < 4.78 is 27.3. The van der Waals surface area contributed by atoms with Crippen LogP contribution in [0.5, 0.6) is 0 Å². The zero-order valence-electron chi connectivity index (χ0n) is 11.5. The highest BCUT2D eigenvalue weighted by Gasteiger charge is 2.19. The summed E-state index contributed by atoms with van der Waals surface area (Å²) in [5.41, 5.74) is 8.35. The van der Waals surface area contributed by atoms with Crippen molar-refractivity contribution in [3.8, 4) is 0 Å². The van der Waals surface area contributed by atoms with E-state index in [0.717, 1.165) is 16.9 Å². The van der Waals surface area contributed by atoms with Gasteiger partial charge in [-0.1, -0.05) is 24.3 Å². The first kappa shape index (κ1) is 15.0. The molecule has 0 aliphatic carbocycles. The van der Waals surface area contributed by atoms with E-state index in [1.54, 1.807) is 5.38 Å². The number of nitrogen functional groups attached to an aromatic ring is 1. The third-order valence-electron chi connectivity index (χ3n) is 3.00. The van der Waals surface area contributed by atoms with Crippen LogP contribution in [0.3, 0.4) is 0 Å². The van der Waals surface area contributed by atoms with Gasteiger partial charge in [-0.3, -0.25) is 0 Å². The Morgan fingerprint density at radius 1 is 1.35 bits per heavy atom. The van der Waals surface area contributed by atoms with Crippen LogP contribution in [-0.2, 0) is 16.4 Å². The second kappa shape index (κ2) is 5.95. The van der Waals surface area contributed by atoms with Crippen LogP contribution in [0.1, 0.15) is 18.1 Å². The van der Waals surface area contributed by atoms with E-state index in [-0.39, 0.29) is 10.3 Å². The molecule has 0 aliphatic rings. The molecule has 1 aromatic carbocycles. The molecule has 2 rings (SSSR count). The maximum atomic E-state index is 12.2. The Bertz CT molecular complexity index is 693. The fraction of sp³-hybridized carbons (Fsp3) is 0.286. The molecule has 0 fully saturated rings. The number of nitrogens with one attached hydrogen (secondary N) is 1. The molecule has 0 saturated carbocycles. The number of rotatable bonds is 5. The highest BCUT2D eigenvalue weighted by atomic mass is 32.2. The average Bonchev–Trinajstić information content (AvgIpc) is 2.79. The van der Waals surface area contributed by atoms with Crippen LogP contribution in [0.2, 0.25) is 0 Å². The van der Waals surface area contributed by atoms with E-state index in [0.29, 0.717) is 12.1 Å². The van der Waals surface area contributed by atoms with Crippen LogP contribution in [0.25, 0.3) is 0 Å². The van der Waals surface area contributed by atoms with Crippen LogP contribution in [0, 0.1) is 6.92 Å². The van der Waals surface area contributed by atoms with Gasteiger partial charge in [-0.2, -0.15) is 0 Å². The monoisotopic (exact) mass is 310 g/mol. The van der Waals surface area contributed by atoms with Gasteiger partial charge in [-0.15, -0.1) is 11.3 Å². The third-order valence-corrected chi connectivity index (χ3v) is 6.05. The van der Waals surface area contributed by atoms with E-state index in [1.165, 1.54) is 11.6 Å². The summed E-state index contributed by atoms with van der Waals surface area (Å²) in [6, 6.07) is 9.28. The van der Waals surface area contributed by atoms with Gasteiger partial charge in [0.05, 0.1) is 0 Å². The van der Waals surface area contributed by atoms with Crippen molar-refractivity contribution in [2.75, 3.05) is 5.73 Å². The SMILES string of the molecule is Cc1ccccc1CC(C)NS(=O)(=O)c1cc(N)cs1. The summed E-state index contributed by atoms with van der Waals surface area (Å²) in [5.74, 6) is 0. The van der Waals surface area contributed by atoms with E-state index >= 15 is 0 Å². The molecule has 0 spiro atoms. The number of thiophene rings is 1. The van der Waals surface area contributed by atoms with Crippen molar-refractivity contribution in [2.45, 2.75) is 30.5 Å². The number of hydrogen-bond acceptors (Lipinski definition) is 4. The number of aryl methyl sites for hydroxylation is 1. The Labute approximate surface area is 123 Å². The minimum atomic E-state index is -3.48. The molecule has 0 amide bonds. The molecule has 0 aliphatic heterocycles. The van der Waals surface area contributed by atoms with E-state index in [4.69, 9.17) is 5.73 Å². The summed E-state index contributed by atoms with van der Waals surface area (Å²) >= 11 is 1.13. The zero-order valence-corrected chi connectivity index (χ0v) is 13.1. The fourth-order valence-electron chi connectivity index (χ4n) is 2.00. The highest BCUT2D eigenvalue weighted by Crippen LogP contribution is 2.22. The topological polar surface area (TPSA) is 72.2 Å². The second-order valence-corrected chi connectivity index (χ2v) is 7.70. The molecular formula is C14H18N2O2S2. The van der Waals surface area contributed by atoms with E-state index in [9.17, 15) is 8.42 Å². The standard InChI is InChI=1S/C14H18N2O2S2/c1-10-5-3-4-6-12(10)7-11(2)16-20(17,18)14-8-13(15)9-19-14/h3-6,8-9,11,16H,7,15H2,1-2H3. The summed E-state index contributed by atoms with van der Waals surface area (Å²) in [7, 11) is -3.48. The molecule has 108 valence electrons. The van der Waals surface area contributed by atoms with Crippen molar-refractivity contribution >= 4 is 27.0 Å². The first-order chi connectivity index (χ1) is 9.38. The van der Waals surface area contributed by atoms with Crippen molar-refractivity contribution < 1.29 is 8.42 Å². The van der Waals surface area contributed by atoms with Crippen LogP contribution in [0.15, 0.2) is 39.9 Å². The van der Waals surface area contributed by atoms with Gasteiger partial charge in [0.15, 0.2) is 0 Å². The van der Waals surface area contributed by atoms with Gasteiger partial charge in [0.2, 0.25) is 10.0 Å². The predicted molar refractivity (Wildman–Crippen MR) is 83.4 cm³/mol. The Morgan fingerprint density at radius 2 is 2.05 bits per heavy atom. The summed E-state index contributed by atoms with van der Waals surface area (Å²) in [6.07, 6.45) is 0.659. The van der Waals surface area contributed by atoms with Gasteiger partial charge in [-0.25, -0.2) is 13.1 Å². The van der Waals surface area contributed by atoms with Crippen molar-refractivity contribution in [1.29, 1.82) is 0 Å². The molecule has 2 aromatic rings. The Kier molecular flexibility index (Phi) is 4.47. The lowest BCUT2D eigenvalue weighted by atomic mass is 10.0. The number of sulfonamides is 1. The molecule has 4 nitrogen and oxygen atoms in total. The quantitative estimate of drug-likeness (QED) is 0.891. The molecular weight excluding hydrogens is 292 g/mol. The summed E-state index contributed by atoms with van der Waals surface area (Å²) in [4.78, 5) is 0. The molecule has 0 bridgehead atoms. The second-order valence-electron chi connectivity index (χ2n) is 4.85. The summed E-state index contributed by atoms with van der Waals surface area (Å²) in [5, 5.41) is 1.63.